The van der Waals surface area contributed by atoms with Gasteiger partial charge in [0.2, 0.25) is 5.91 Å². The lowest BCUT2D eigenvalue weighted by Crippen LogP contribution is -2.35. The highest BCUT2D eigenvalue weighted by Gasteiger charge is 2.08. The van der Waals surface area contributed by atoms with Crippen LogP contribution in [0.25, 0.3) is 0 Å². The minimum atomic E-state index is -0.554. The van der Waals surface area contributed by atoms with Crippen molar-refractivity contribution in [1.29, 1.82) is 0 Å². The fourth-order valence-electron chi connectivity index (χ4n) is 1.79. The lowest BCUT2D eigenvalue weighted by atomic mass is 10.3. The normalized spacial score (nSPS) is 9.83. The van der Waals surface area contributed by atoms with Crippen molar-refractivity contribution in [3.05, 3.63) is 54.3 Å². The minimum Gasteiger partial charge on any atom is -0.497 e. The maximum atomic E-state index is 13.4. The van der Waals surface area contributed by atoms with E-state index in [1.165, 1.54) is 25.3 Å². The molecule has 0 aromatic heterocycles. The number of nitrogens with one attached hydrogen (secondary N) is 3. The monoisotopic (exact) mass is 317 g/mol. The molecule has 0 aliphatic carbocycles. The number of amides is 3. The van der Waals surface area contributed by atoms with Gasteiger partial charge in [-0.3, -0.25) is 4.79 Å². The van der Waals surface area contributed by atoms with Crippen molar-refractivity contribution < 1.29 is 18.7 Å². The van der Waals surface area contributed by atoms with Crippen LogP contribution in [0.4, 0.5) is 20.6 Å². The Hall–Kier alpha value is -3.09. The third-order valence-electron chi connectivity index (χ3n) is 2.89. The zero-order valence-electron chi connectivity index (χ0n) is 12.4. The average Bonchev–Trinajstić information content (AvgIpc) is 2.55. The van der Waals surface area contributed by atoms with Crippen molar-refractivity contribution in [2.24, 2.45) is 0 Å². The maximum absolute atomic E-state index is 13.4. The third kappa shape index (κ3) is 4.99. The van der Waals surface area contributed by atoms with E-state index in [1.807, 2.05) is 0 Å². The Kier molecular flexibility index (Phi) is 5.51. The predicted molar refractivity (Wildman–Crippen MR) is 85.0 cm³/mol. The van der Waals surface area contributed by atoms with Crippen LogP contribution >= 0.6 is 0 Å². The number of halogens is 1. The first kappa shape index (κ1) is 16.3. The summed E-state index contributed by atoms with van der Waals surface area (Å²) in [7, 11) is 1.52. The van der Waals surface area contributed by atoms with Gasteiger partial charge in [0.1, 0.15) is 11.6 Å². The van der Waals surface area contributed by atoms with Gasteiger partial charge in [0.05, 0.1) is 19.3 Å². The number of carbonyl (C=O) groups is 2. The lowest BCUT2D eigenvalue weighted by Gasteiger charge is -2.09. The summed E-state index contributed by atoms with van der Waals surface area (Å²) in [5.41, 5.74) is 0.587. The van der Waals surface area contributed by atoms with Crippen LogP contribution in [0.3, 0.4) is 0 Å². The van der Waals surface area contributed by atoms with E-state index in [0.717, 1.165) is 0 Å². The molecule has 0 saturated carbocycles. The van der Waals surface area contributed by atoms with Crippen molar-refractivity contribution in [1.82, 2.24) is 5.32 Å². The minimum absolute atomic E-state index is 0.0625. The number of ether oxygens (including phenoxy) is 1. The SMILES string of the molecule is COc1cccc(NC(=O)NCC(=O)Nc2ccccc2F)c1. The average molecular weight is 317 g/mol. The molecule has 0 radical (unpaired) electrons. The van der Waals surface area contributed by atoms with Crippen molar-refractivity contribution in [3.8, 4) is 5.75 Å². The molecule has 0 unspecified atom stereocenters. The molecule has 0 bridgehead atoms. The molecule has 7 heteroatoms. The topological polar surface area (TPSA) is 79.5 Å². The fourth-order valence-corrected chi connectivity index (χ4v) is 1.79. The van der Waals surface area contributed by atoms with Gasteiger partial charge in [0.25, 0.3) is 0 Å². The lowest BCUT2D eigenvalue weighted by molar-refractivity contribution is -0.115. The van der Waals surface area contributed by atoms with Crippen LogP contribution in [0.15, 0.2) is 48.5 Å². The Morgan fingerprint density at radius 3 is 2.61 bits per heavy atom. The molecule has 0 aliphatic heterocycles. The number of carbonyl (C=O) groups excluding carboxylic acids is 2. The van der Waals surface area contributed by atoms with E-state index >= 15 is 0 Å². The zero-order chi connectivity index (χ0) is 16.7. The second-order valence-electron chi connectivity index (χ2n) is 4.57. The van der Waals surface area contributed by atoms with Gasteiger partial charge < -0.3 is 20.7 Å². The number of hydrogen-bond acceptors (Lipinski definition) is 3. The fraction of sp³-hybridized carbons (Fsp3) is 0.125. The van der Waals surface area contributed by atoms with Gasteiger partial charge in [-0.15, -0.1) is 0 Å². The molecule has 6 nitrogen and oxygen atoms in total. The first-order valence-corrected chi connectivity index (χ1v) is 6.82. The number of rotatable bonds is 5. The predicted octanol–water partition coefficient (Wildman–Crippen LogP) is 2.59. The summed E-state index contributed by atoms with van der Waals surface area (Å²) in [6, 6.07) is 12.0. The number of para-hydroxylation sites is 1. The van der Waals surface area contributed by atoms with Crippen LogP contribution in [0.1, 0.15) is 0 Å². The van der Waals surface area contributed by atoms with Crippen LogP contribution in [0, 0.1) is 5.82 Å². The number of benzene rings is 2. The van der Waals surface area contributed by atoms with Crippen LogP contribution in [-0.2, 0) is 4.79 Å². The molecule has 3 N–H and O–H groups in total. The first-order valence-electron chi connectivity index (χ1n) is 6.82. The number of methoxy groups -OCH3 is 1. The quantitative estimate of drug-likeness (QED) is 0.793. The molecule has 2 rings (SSSR count). The van der Waals surface area contributed by atoms with Gasteiger partial charge in [-0.1, -0.05) is 18.2 Å². The molecular weight excluding hydrogens is 301 g/mol. The molecule has 0 fully saturated rings. The van der Waals surface area contributed by atoms with Crippen LogP contribution in [0.2, 0.25) is 0 Å². The molecule has 2 aromatic carbocycles. The summed E-state index contributed by atoms with van der Waals surface area (Å²) in [5, 5.41) is 7.32. The Balaban J connectivity index is 1.82. The van der Waals surface area contributed by atoms with Crippen molar-refractivity contribution >= 4 is 23.3 Å². The molecular formula is C16H16FN3O3. The van der Waals surface area contributed by atoms with E-state index in [4.69, 9.17) is 4.74 Å². The maximum Gasteiger partial charge on any atom is 0.319 e. The Morgan fingerprint density at radius 2 is 1.87 bits per heavy atom. The Morgan fingerprint density at radius 1 is 1.09 bits per heavy atom. The highest BCUT2D eigenvalue weighted by Crippen LogP contribution is 2.16. The second kappa shape index (κ2) is 7.79. The summed E-state index contributed by atoms with van der Waals surface area (Å²) in [5.74, 6) is -0.474. The summed E-state index contributed by atoms with van der Waals surface area (Å²) >= 11 is 0. The van der Waals surface area contributed by atoms with Gasteiger partial charge in [0.15, 0.2) is 0 Å². The van der Waals surface area contributed by atoms with Crippen molar-refractivity contribution in [2.45, 2.75) is 0 Å². The van der Waals surface area contributed by atoms with E-state index in [9.17, 15) is 14.0 Å². The number of urea groups is 1. The molecule has 0 saturated heterocycles. The van der Waals surface area contributed by atoms with Crippen molar-refractivity contribution in [3.63, 3.8) is 0 Å². The van der Waals surface area contributed by atoms with E-state index < -0.39 is 17.8 Å². The molecule has 23 heavy (non-hydrogen) atoms. The summed E-state index contributed by atoms with van der Waals surface area (Å²) in [6.07, 6.45) is 0. The van der Waals surface area contributed by atoms with Gasteiger partial charge in [-0.05, 0) is 24.3 Å². The van der Waals surface area contributed by atoms with Crippen LogP contribution in [-0.4, -0.2) is 25.6 Å². The number of anilines is 2. The van der Waals surface area contributed by atoms with Crippen molar-refractivity contribution in [2.75, 3.05) is 24.3 Å². The van der Waals surface area contributed by atoms with Gasteiger partial charge in [-0.25, -0.2) is 9.18 Å². The van der Waals surface area contributed by atoms with Gasteiger partial charge in [0, 0.05) is 11.8 Å². The molecule has 0 atom stereocenters. The van der Waals surface area contributed by atoms with E-state index in [1.54, 1.807) is 30.3 Å². The van der Waals surface area contributed by atoms with E-state index in [2.05, 4.69) is 16.0 Å². The molecule has 3 amide bonds. The molecule has 0 spiro atoms. The largest absolute Gasteiger partial charge is 0.497 e. The molecule has 120 valence electrons. The van der Waals surface area contributed by atoms with Gasteiger partial charge >= 0.3 is 6.03 Å². The van der Waals surface area contributed by atoms with E-state index in [0.29, 0.717) is 11.4 Å². The summed E-state index contributed by atoms with van der Waals surface area (Å²) in [6.45, 7) is -0.288. The van der Waals surface area contributed by atoms with Gasteiger partial charge in [-0.2, -0.15) is 0 Å². The third-order valence-corrected chi connectivity index (χ3v) is 2.89. The smallest absolute Gasteiger partial charge is 0.319 e. The summed E-state index contributed by atoms with van der Waals surface area (Å²) in [4.78, 5) is 23.4. The molecule has 0 aliphatic rings. The summed E-state index contributed by atoms with van der Waals surface area (Å²) < 4.78 is 18.4. The van der Waals surface area contributed by atoms with E-state index in [-0.39, 0.29) is 12.2 Å². The number of hydrogen-bond donors (Lipinski definition) is 3. The van der Waals surface area contributed by atoms with Crippen LogP contribution < -0.4 is 20.7 Å². The standard InChI is InChI=1S/C16H16FN3O3/c1-23-12-6-4-5-11(9-12)19-16(22)18-10-15(21)20-14-8-3-2-7-13(14)17/h2-9H,10H2,1H3,(H,20,21)(H2,18,19,22). The Bertz CT molecular complexity index is 706. The first-order chi connectivity index (χ1) is 11.1. The van der Waals surface area contributed by atoms with Crippen LogP contribution in [0.5, 0.6) is 5.75 Å². The molecule has 2 aromatic rings. The Labute approximate surface area is 132 Å². The second-order valence-corrected chi connectivity index (χ2v) is 4.57. The zero-order valence-corrected chi connectivity index (χ0v) is 12.4. The highest BCUT2D eigenvalue weighted by molar-refractivity contribution is 5.97. The molecule has 0 heterocycles. The highest BCUT2D eigenvalue weighted by atomic mass is 19.1.